The lowest BCUT2D eigenvalue weighted by Crippen LogP contribution is -2.21. The van der Waals surface area contributed by atoms with Crippen LogP contribution in [0.1, 0.15) is 28.8 Å². The van der Waals surface area contributed by atoms with Gasteiger partial charge < -0.3 is 5.11 Å². The second-order valence-corrected chi connectivity index (χ2v) is 5.73. The number of benzene rings is 2. The fraction of sp³-hybridized carbons (Fsp3) is 0.118. The number of hydrogen-bond acceptors (Lipinski definition) is 3. The van der Waals surface area contributed by atoms with Gasteiger partial charge in [0.05, 0.1) is 22.7 Å². The van der Waals surface area contributed by atoms with Crippen LogP contribution in [0.5, 0.6) is 0 Å². The van der Waals surface area contributed by atoms with E-state index in [4.69, 9.17) is 28.3 Å². The lowest BCUT2D eigenvalue weighted by atomic mass is 10.1. The molecule has 0 aliphatic rings. The first-order valence-corrected chi connectivity index (χ1v) is 7.82. The van der Waals surface area contributed by atoms with E-state index in [0.29, 0.717) is 10.7 Å². The highest BCUT2D eigenvalue weighted by molar-refractivity contribution is 6.36. The van der Waals surface area contributed by atoms with Crippen LogP contribution >= 0.6 is 23.2 Å². The lowest BCUT2D eigenvalue weighted by Gasteiger charge is -2.07. The number of carbonyl (C=O) groups is 2. The molecular formula is C17H14Cl2N2O3. The molecule has 7 heteroatoms. The van der Waals surface area contributed by atoms with Crippen molar-refractivity contribution in [3.05, 3.63) is 69.7 Å². The smallest absolute Gasteiger partial charge is 0.303 e. The molecule has 0 saturated heterocycles. The summed E-state index contributed by atoms with van der Waals surface area (Å²) in [5, 5.41) is 13.6. The van der Waals surface area contributed by atoms with E-state index in [1.807, 2.05) is 18.2 Å². The molecule has 124 valence electrons. The first-order chi connectivity index (χ1) is 11.5. The van der Waals surface area contributed by atoms with E-state index < -0.39 is 11.9 Å². The van der Waals surface area contributed by atoms with Gasteiger partial charge in [-0.1, -0.05) is 53.5 Å². The Balaban J connectivity index is 2.19. The third-order valence-electron chi connectivity index (χ3n) is 3.15. The number of nitrogens with zero attached hydrogens (tertiary/aromatic N) is 1. The van der Waals surface area contributed by atoms with Crippen molar-refractivity contribution in [2.75, 3.05) is 0 Å². The van der Waals surface area contributed by atoms with E-state index in [-0.39, 0.29) is 23.4 Å². The summed E-state index contributed by atoms with van der Waals surface area (Å²) in [6.07, 6.45) is 0.0965. The Hall–Kier alpha value is -2.37. The highest BCUT2D eigenvalue weighted by Gasteiger charge is 2.12. The quantitative estimate of drug-likeness (QED) is 0.600. The maximum absolute atomic E-state index is 12.2. The molecule has 5 nitrogen and oxygen atoms in total. The van der Waals surface area contributed by atoms with Crippen molar-refractivity contribution in [2.45, 2.75) is 12.8 Å². The van der Waals surface area contributed by atoms with Crippen LogP contribution in [0, 0.1) is 0 Å². The van der Waals surface area contributed by atoms with Crippen molar-refractivity contribution < 1.29 is 14.7 Å². The first kappa shape index (κ1) is 18.0. The Morgan fingerprint density at radius 2 is 1.75 bits per heavy atom. The molecule has 0 aliphatic heterocycles. The van der Waals surface area contributed by atoms with Gasteiger partial charge in [-0.2, -0.15) is 5.10 Å². The summed E-state index contributed by atoms with van der Waals surface area (Å²) in [4.78, 5) is 23.0. The summed E-state index contributed by atoms with van der Waals surface area (Å²) in [6, 6.07) is 13.6. The van der Waals surface area contributed by atoms with E-state index >= 15 is 0 Å². The first-order valence-electron chi connectivity index (χ1n) is 7.06. The Morgan fingerprint density at radius 3 is 2.38 bits per heavy atom. The zero-order valence-electron chi connectivity index (χ0n) is 12.5. The minimum absolute atomic E-state index is 0.0920. The molecule has 0 radical (unpaired) electrons. The lowest BCUT2D eigenvalue weighted by molar-refractivity contribution is -0.136. The molecule has 0 spiro atoms. The number of halogens is 2. The van der Waals surface area contributed by atoms with Gasteiger partial charge in [0, 0.05) is 11.4 Å². The molecule has 2 N–H and O–H groups in total. The molecule has 0 bridgehead atoms. The van der Waals surface area contributed by atoms with Crippen LogP contribution in [0.4, 0.5) is 0 Å². The Bertz CT molecular complexity index is 777. The van der Waals surface area contributed by atoms with Gasteiger partial charge in [0.1, 0.15) is 0 Å². The normalized spacial score (nSPS) is 11.2. The summed E-state index contributed by atoms with van der Waals surface area (Å²) in [6.45, 7) is 0. The fourth-order valence-corrected chi connectivity index (χ4v) is 2.47. The van der Waals surface area contributed by atoms with Crippen molar-refractivity contribution in [3.63, 3.8) is 0 Å². The molecule has 2 aromatic carbocycles. The van der Waals surface area contributed by atoms with Gasteiger partial charge in [-0.05, 0) is 23.8 Å². The summed E-state index contributed by atoms with van der Waals surface area (Å²) >= 11 is 11.8. The Kier molecular flexibility index (Phi) is 6.35. The Morgan fingerprint density at radius 1 is 1.04 bits per heavy atom. The SMILES string of the molecule is O=C(O)CCC(=NNC(=O)c1ccc(Cl)cc1Cl)c1ccccc1. The van der Waals surface area contributed by atoms with E-state index in [1.54, 1.807) is 18.2 Å². The van der Waals surface area contributed by atoms with Crippen LogP contribution < -0.4 is 5.43 Å². The van der Waals surface area contributed by atoms with Crippen LogP contribution in [0.2, 0.25) is 10.0 Å². The van der Waals surface area contributed by atoms with E-state index in [0.717, 1.165) is 5.56 Å². The number of rotatable bonds is 6. The summed E-state index contributed by atoms with van der Waals surface area (Å²) in [7, 11) is 0. The second kappa shape index (κ2) is 8.47. The molecule has 0 heterocycles. The summed E-state index contributed by atoms with van der Waals surface area (Å²) < 4.78 is 0. The van der Waals surface area contributed by atoms with E-state index in [9.17, 15) is 9.59 Å². The molecule has 0 atom stereocenters. The fourth-order valence-electron chi connectivity index (χ4n) is 1.97. The minimum atomic E-state index is -0.939. The molecule has 0 unspecified atom stereocenters. The third kappa shape index (κ3) is 5.08. The number of hydrogen-bond donors (Lipinski definition) is 2. The van der Waals surface area contributed by atoms with Gasteiger partial charge in [-0.3, -0.25) is 9.59 Å². The van der Waals surface area contributed by atoms with Crippen LogP contribution in [0.15, 0.2) is 53.6 Å². The van der Waals surface area contributed by atoms with Crippen LogP contribution in [0.25, 0.3) is 0 Å². The summed E-state index contributed by atoms with van der Waals surface area (Å²) in [5.74, 6) is -1.44. The zero-order chi connectivity index (χ0) is 17.5. The standard InChI is InChI=1S/C17H14Cl2N2O3/c18-12-6-7-13(14(19)10-12)17(24)21-20-15(8-9-16(22)23)11-4-2-1-3-5-11/h1-7,10H,8-9H2,(H,21,24)(H,22,23). The Labute approximate surface area is 148 Å². The van der Waals surface area contributed by atoms with Crippen molar-refractivity contribution in [2.24, 2.45) is 5.10 Å². The number of carboxylic acids is 1. The molecule has 0 aromatic heterocycles. The van der Waals surface area contributed by atoms with Gasteiger partial charge in [-0.15, -0.1) is 0 Å². The highest BCUT2D eigenvalue weighted by atomic mass is 35.5. The topological polar surface area (TPSA) is 78.8 Å². The predicted molar refractivity (Wildman–Crippen MR) is 93.8 cm³/mol. The predicted octanol–water partition coefficient (Wildman–Crippen LogP) is 3.99. The number of aliphatic carboxylic acids is 1. The van der Waals surface area contributed by atoms with Crippen molar-refractivity contribution in [3.8, 4) is 0 Å². The van der Waals surface area contributed by atoms with Crippen LogP contribution in [-0.4, -0.2) is 22.7 Å². The second-order valence-electron chi connectivity index (χ2n) is 4.88. The average molecular weight is 365 g/mol. The van der Waals surface area contributed by atoms with Crippen molar-refractivity contribution >= 4 is 40.8 Å². The third-order valence-corrected chi connectivity index (χ3v) is 3.70. The molecule has 24 heavy (non-hydrogen) atoms. The number of carbonyl (C=O) groups excluding carboxylic acids is 1. The molecule has 2 rings (SSSR count). The molecule has 2 aromatic rings. The van der Waals surface area contributed by atoms with E-state index in [2.05, 4.69) is 10.5 Å². The van der Waals surface area contributed by atoms with Crippen LogP contribution in [-0.2, 0) is 4.79 Å². The van der Waals surface area contributed by atoms with Gasteiger partial charge in [0.2, 0.25) is 0 Å². The van der Waals surface area contributed by atoms with Crippen molar-refractivity contribution in [1.29, 1.82) is 0 Å². The van der Waals surface area contributed by atoms with Crippen LogP contribution in [0.3, 0.4) is 0 Å². The minimum Gasteiger partial charge on any atom is -0.481 e. The molecular weight excluding hydrogens is 351 g/mol. The molecule has 0 saturated carbocycles. The number of nitrogens with one attached hydrogen (secondary N) is 1. The van der Waals surface area contributed by atoms with Crippen molar-refractivity contribution in [1.82, 2.24) is 5.43 Å². The summed E-state index contributed by atoms with van der Waals surface area (Å²) in [5.41, 5.74) is 3.85. The van der Waals surface area contributed by atoms with Gasteiger partial charge in [0.25, 0.3) is 5.91 Å². The zero-order valence-corrected chi connectivity index (χ0v) is 14.0. The van der Waals surface area contributed by atoms with Gasteiger partial charge >= 0.3 is 5.97 Å². The average Bonchev–Trinajstić information content (AvgIpc) is 2.55. The highest BCUT2D eigenvalue weighted by Crippen LogP contribution is 2.20. The van der Waals surface area contributed by atoms with E-state index in [1.165, 1.54) is 12.1 Å². The molecule has 1 amide bonds. The monoisotopic (exact) mass is 364 g/mol. The van der Waals surface area contributed by atoms with Gasteiger partial charge in [0.15, 0.2) is 0 Å². The largest absolute Gasteiger partial charge is 0.481 e. The number of hydrazone groups is 1. The number of amides is 1. The maximum atomic E-state index is 12.2. The molecule has 0 aliphatic carbocycles. The molecule has 0 fully saturated rings. The maximum Gasteiger partial charge on any atom is 0.303 e. The van der Waals surface area contributed by atoms with Gasteiger partial charge in [-0.25, -0.2) is 5.43 Å². The number of carboxylic acid groups (broad SMARTS) is 1.